The molecule has 5 nitrogen and oxygen atoms in total. The number of morpholine rings is 1. The zero-order valence-electron chi connectivity index (χ0n) is 12.3. The smallest absolute Gasteiger partial charge is 0.178 e. The van der Waals surface area contributed by atoms with Crippen LogP contribution in [0.4, 0.5) is 0 Å². The molecule has 6 heteroatoms. The van der Waals surface area contributed by atoms with Crippen LogP contribution in [0.3, 0.4) is 0 Å². The van der Waals surface area contributed by atoms with Gasteiger partial charge in [0.1, 0.15) is 0 Å². The fourth-order valence-corrected chi connectivity index (χ4v) is 4.82. The van der Waals surface area contributed by atoms with E-state index >= 15 is 0 Å². The molecule has 1 saturated heterocycles. The van der Waals surface area contributed by atoms with Gasteiger partial charge in [0, 0.05) is 25.7 Å². The van der Waals surface area contributed by atoms with Crippen LogP contribution in [0.15, 0.2) is 29.2 Å². The number of nitrogens with one attached hydrogen (secondary N) is 1. The van der Waals surface area contributed by atoms with Crippen LogP contribution >= 0.6 is 0 Å². The average molecular weight is 310 g/mol. The van der Waals surface area contributed by atoms with Crippen molar-refractivity contribution >= 4 is 9.84 Å². The number of benzene rings is 1. The molecule has 116 valence electrons. The van der Waals surface area contributed by atoms with E-state index in [0.29, 0.717) is 11.3 Å². The molecule has 3 rings (SSSR count). The molecule has 2 heterocycles. The largest absolute Gasteiger partial charge is 0.374 e. The van der Waals surface area contributed by atoms with Crippen molar-refractivity contribution in [1.82, 2.24) is 10.2 Å². The van der Waals surface area contributed by atoms with Gasteiger partial charge in [0.05, 0.1) is 23.4 Å². The molecule has 1 aromatic rings. The fraction of sp³-hybridized carbons (Fsp3) is 0.600. The third kappa shape index (κ3) is 3.13. The van der Waals surface area contributed by atoms with Gasteiger partial charge < -0.3 is 10.1 Å². The van der Waals surface area contributed by atoms with Crippen molar-refractivity contribution in [2.45, 2.75) is 23.5 Å². The Kier molecular flexibility index (Phi) is 4.31. The predicted molar refractivity (Wildman–Crippen MR) is 81.1 cm³/mol. The minimum atomic E-state index is -3.11. The van der Waals surface area contributed by atoms with E-state index in [0.717, 1.165) is 31.8 Å². The zero-order valence-corrected chi connectivity index (χ0v) is 13.1. The minimum Gasteiger partial charge on any atom is -0.374 e. The maximum absolute atomic E-state index is 12.2. The standard InChI is InChI=1S/C15H22N2O3S/c1-17(11-12-10-16-7-8-20-12)14-6-9-21(18,19)15-5-3-2-4-13(14)15/h2-5,12,14,16H,6-11H2,1H3. The molecule has 0 saturated carbocycles. The number of hydrogen-bond donors (Lipinski definition) is 1. The van der Waals surface area contributed by atoms with Crippen LogP contribution in [0.5, 0.6) is 0 Å². The number of nitrogens with zero attached hydrogens (tertiary/aromatic N) is 1. The maximum Gasteiger partial charge on any atom is 0.178 e. The monoisotopic (exact) mass is 310 g/mol. The lowest BCUT2D eigenvalue weighted by atomic mass is 10.0. The summed E-state index contributed by atoms with van der Waals surface area (Å²) in [6.07, 6.45) is 0.824. The molecule has 1 aromatic carbocycles. The fourth-order valence-electron chi connectivity index (χ4n) is 3.21. The van der Waals surface area contributed by atoms with Crippen LogP contribution in [0.2, 0.25) is 0 Å². The topological polar surface area (TPSA) is 58.6 Å². The average Bonchev–Trinajstić information content (AvgIpc) is 2.48. The second kappa shape index (κ2) is 6.04. The van der Waals surface area contributed by atoms with Gasteiger partial charge in [-0.25, -0.2) is 8.42 Å². The molecule has 0 aliphatic carbocycles. The van der Waals surface area contributed by atoms with Gasteiger partial charge in [-0.15, -0.1) is 0 Å². The van der Waals surface area contributed by atoms with Gasteiger partial charge in [0.15, 0.2) is 9.84 Å². The van der Waals surface area contributed by atoms with Crippen LogP contribution in [-0.2, 0) is 14.6 Å². The van der Waals surface area contributed by atoms with Gasteiger partial charge in [-0.2, -0.15) is 0 Å². The Morgan fingerprint density at radius 1 is 1.38 bits per heavy atom. The van der Waals surface area contributed by atoms with E-state index in [1.807, 2.05) is 12.1 Å². The Morgan fingerprint density at radius 3 is 2.95 bits per heavy atom. The van der Waals surface area contributed by atoms with Crippen LogP contribution in [0, 0.1) is 0 Å². The second-order valence-electron chi connectivity index (χ2n) is 5.80. The van der Waals surface area contributed by atoms with Gasteiger partial charge in [-0.1, -0.05) is 18.2 Å². The van der Waals surface area contributed by atoms with Crippen molar-refractivity contribution in [2.75, 3.05) is 39.0 Å². The maximum atomic E-state index is 12.2. The van der Waals surface area contributed by atoms with Crippen LogP contribution in [0.25, 0.3) is 0 Å². The quantitative estimate of drug-likeness (QED) is 0.896. The molecule has 0 aromatic heterocycles. The predicted octanol–water partition coefficient (Wildman–Crippen LogP) is 0.825. The number of ether oxygens (including phenoxy) is 1. The molecule has 2 aliphatic rings. The van der Waals surface area contributed by atoms with Crippen LogP contribution in [-0.4, -0.2) is 58.5 Å². The first-order chi connectivity index (χ1) is 10.1. The van der Waals surface area contributed by atoms with E-state index in [1.165, 1.54) is 0 Å². The van der Waals surface area contributed by atoms with Gasteiger partial charge in [0.2, 0.25) is 0 Å². The summed E-state index contributed by atoms with van der Waals surface area (Å²) in [6, 6.07) is 7.53. The first kappa shape index (κ1) is 15.0. The number of sulfone groups is 1. The number of hydrogen-bond acceptors (Lipinski definition) is 5. The molecule has 0 radical (unpaired) electrons. The Balaban J connectivity index is 1.79. The number of rotatable bonds is 3. The molecule has 2 unspecified atom stereocenters. The van der Waals surface area contributed by atoms with Crippen molar-refractivity contribution in [2.24, 2.45) is 0 Å². The summed E-state index contributed by atoms with van der Waals surface area (Å²) in [6.45, 7) is 3.32. The number of likely N-dealkylation sites (N-methyl/N-ethyl adjacent to an activating group) is 1. The van der Waals surface area contributed by atoms with Crippen molar-refractivity contribution in [3.63, 3.8) is 0 Å². The summed E-state index contributed by atoms with van der Waals surface area (Å²) in [7, 11) is -1.06. The van der Waals surface area contributed by atoms with Crippen molar-refractivity contribution in [1.29, 1.82) is 0 Å². The molecule has 1 fully saturated rings. The summed E-state index contributed by atoms with van der Waals surface area (Å²) in [5.41, 5.74) is 0.926. The van der Waals surface area contributed by atoms with Gasteiger partial charge in [-0.3, -0.25) is 4.90 Å². The highest BCUT2D eigenvalue weighted by molar-refractivity contribution is 7.91. The highest BCUT2D eigenvalue weighted by Gasteiger charge is 2.32. The van der Waals surface area contributed by atoms with E-state index in [2.05, 4.69) is 17.3 Å². The molecular formula is C15H22N2O3S. The van der Waals surface area contributed by atoms with Gasteiger partial charge in [0.25, 0.3) is 0 Å². The summed E-state index contributed by atoms with van der Waals surface area (Å²) in [5, 5.41) is 3.33. The normalized spacial score (nSPS) is 28.3. The van der Waals surface area contributed by atoms with Gasteiger partial charge >= 0.3 is 0 Å². The molecule has 21 heavy (non-hydrogen) atoms. The Labute approximate surface area is 126 Å². The van der Waals surface area contributed by atoms with Crippen LogP contribution in [0.1, 0.15) is 18.0 Å². The van der Waals surface area contributed by atoms with E-state index in [9.17, 15) is 8.42 Å². The molecule has 2 atom stereocenters. The third-order valence-electron chi connectivity index (χ3n) is 4.30. The Bertz CT molecular complexity index is 597. The van der Waals surface area contributed by atoms with E-state index in [4.69, 9.17) is 4.74 Å². The molecule has 0 amide bonds. The highest BCUT2D eigenvalue weighted by Crippen LogP contribution is 2.35. The molecule has 2 aliphatic heterocycles. The number of fused-ring (bicyclic) bond motifs is 1. The SMILES string of the molecule is CN(CC1CNCCO1)C1CCS(=O)(=O)c2ccccc21. The summed E-state index contributed by atoms with van der Waals surface area (Å²) in [4.78, 5) is 2.72. The summed E-state index contributed by atoms with van der Waals surface area (Å²) in [5.74, 6) is 0.225. The Morgan fingerprint density at radius 2 is 2.19 bits per heavy atom. The van der Waals surface area contributed by atoms with Crippen molar-refractivity contribution in [3.05, 3.63) is 29.8 Å². The third-order valence-corrected chi connectivity index (χ3v) is 6.12. The lowest BCUT2D eigenvalue weighted by molar-refractivity contribution is 0.00196. The minimum absolute atomic E-state index is 0.148. The summed E-state index contributed by atoms with van der Waals surface area (Å²) >= 11 is 0. The molecule has 1 N–H and O–H groups in total. The van der Waals surface area contributed by atoms with E-state index < -0.39 is 9.84 Å². The second-order valence-corrected chi connectivity index (χ2v) is 7.88. The molecule has 0 spiro atoms. The van der Waals surface area contributed by atoms with Crippen molar-refractivity contribution < 1.29 is 13.2 Å². The zero-order chi connectivity index (χ0) is 14.9. The van der Waals surface area contributed by atoms with Crippen molar-refractivity contribution in [3.8, 4) is 0 Å². The molecule has 0 bridgehead atoms. The summed E-state index contributed by atoms with van der Waals surface area (Å²) < 4.78 is 30.1. The first-order valence-electron chi connectivity index (χ1n) is 7.42. The molecular weight excluding hydrogens is 288 g/mol. The van der Waals surface area contributed by atoms with Crippen LogP contribution < -0.4 is 5.32 Å². The van der Waals surface area contributed by atoms with Gasteiger partial charge in [-0.05, 0) is 25.1 Å². The lowest BCUT2D eigenvalue weighted by Gasteiger charge is -2.36. The highest BCUT2D eigenvalue weighted by atomic mass is 32.2. The van der Waals surface area contributed by atoms with E-state index in [-0.39, 0.29) is 17.9 Å². The first-order valence-corrected chi connectivity index (χ1v) is 9.07. The lowest BCUT2D eigenvalue weighted by Crippen LogP contribution is -2.45. The van der Waals surface area contributed by atoms with E-state index in [1.54, 1.807) is 12.1 Å². The Hall–Kier alpha value is -0.950.